The van der Waals surface area contributed by atoms with Crippen molar-refractivity contribution in [3.8, 4) is 0 Å². The van der Waals surface area contributed by atoms with Gasteiger partial charge < -0.3 is 0 Å². The molecule has 0 aromatic carbocycles. The van der Waals surface area contributed by atoms with Gasteiger partial charge in [-0.25, -0.2) is 0 Å². The van der Waals surface area contributed by atoms with Crippen molar-refractivity contribution >= 4 is 26.5 Å². The standard InChI is InChI=1S/Al.Fe.HOP.Ti/c;;1-2;/h;;2H;. The van der Waals surface area contributed by atoms with Gasteiger partial charge in [0.2, 0.25) is 0 Å². The number of hydrogen-bond donors (Lipinski definition) is 0. The minimum Gasteiger partial charge on any atom is -0.279 e. The molecule has 3 radical (unpaired) electrons. The molecular formula is HAlFeOPTi. The zero-order valence-electron chi connectivity index (χ0n) is 2.34. The molecule has 0 saturated heterocycles. The Balaban J connectivity index is -0.00000000167. The maximum absolute atomic E-state index is 8.06. The van der Waals surface area contributed by atoms with E-state index in [9.17, 15) is 0 Å². The summed E-state index contributed by atoms with van der Waals surface area (Å²) >= 11 is 0. The van der Waals surface area contributed by atoms with Crippen LogP contribution in [0.4, 0.5) is 0 Å². The average Bonchev–Trinajstić information content (AvgIpc) is 1.00. The van der Waals surface area contributed by atoms with E-state index in [2.05, 4.69) is 0 Å². The minimum atomic E-state index is 0. The largest absolute Gasteiger partial charge is 0.279 e. The van der Waals surface area contributed by atoms with Gasteiger partial charge in [-0.2, -0.15) is 0 Å². The fourth-order valence-electron chi connectivity index (χ4n) is 0. The van der Waals surface area contributed by atoms with Crippen molar-refractivity contribution in [2.24, 2.45) is 0 Å². The van der Waals surface area contributed by atoms with Crippen LogP contribution in [0.3, 0.4) is 0 Å². The molecule has 0 aliphatic carbocycles. The van der Waals surface area contributed by atoms with Gasteiger partial charge in [-0.1, -0.05) is 0 Å². The van der Waals surface area contributed by atoms with E-state index >= 15 is 0 Å². The van der Waals surface area contributed by atoms with Gasteiger partial charge in [0, 0.05) is 56.1 Å². The summed E-state index contributed by atoms with van der Waals surface area (Å²) in [5, 5.41) is 0. The Labute approximate surface area is 69.4 Å². The second-order valence-electron chi connectivity index (χ2n) is 0. The van der Waals surface area contributed by atoms with Crippen LogP contribution in [0.2, 0.25) is 0 Å². The first-order chi connectivity index (χ1) is 1.00. The maximum atomic E-state index is 8.06. The Hall–Kier alpha value is 1.87. The summed E-state index contributed by atoms with van der Waals surface area (Å²) < 4.78 is 8.06. The molecule has 0 aromatic heterocycles. The molecule has 0 unspecified atom stereocenters. The molecule has 5 heavy (non-hydrogen) atoms. The van der Waals surface area contributed by atoms with Gasteiger partial charge in [0.15, 0.2) is 0 Å². The van der Waals surface area contributed by atoms with Gasteiger partial charge in [0.1, 0.15) is 9.12 Å². The summed E-state index contributed by atoms with van der Waals surface area (Å²) in [4.78, 5) is 0. The van der Waals surface area contributed by atoms with Crippen LogP contribution >= 0.6 is 9.12 Å². The summed E-state index contributed by atoms with van der Waals surface area (Å²) in [7, 11) is 1.72. The van der Waals surface area contributed by atoms with Gasteiger partial charge in [-0.15, -0.1) is 0 Å². The molecule has 0 spiro atoms. The van der Waals surface area contributed by atoms with Crippen molar-refractivity contribution in [3.63, 3.8) is 0 Å². The Bertz CT molecular complexity index is 11.6. The normalized spacial score (nSPS) is 0.800. The summed E-state index contributed by atoms with van der Waals surface area (Å²) in [5.41, 5.74) is 0. The molecule has 1 nitrogen and oxygen atoms in total. The maximum Gasteiger partial charge on any atom is 0.138 e. The zero-order chi connectivity index (χ0) is 2.00. The molecule has 0 aliphatic rings. The van der Waals surface area contributed by atoms with E-state index in [4.69, 9.17) is 4.57 Å². The minimum absolute atomic E-state index is 0. The summed E-state index contributed by atoms with van der Waals surface area (Å²) in [6.07, 6.45) is 0. The van der Waals surface area contributed by atoms with Crippen LogP contribution in [-0.2, 0) is 43.4 Å². The van der Waals surface area contributed by atoms with E-state index in [1.165, 1.54) is 0 Å². The molecule has 0 N–H and O–H groups in total. The SMILES string of the molecule is O=P.[Al].[Fe].[Ti]. The van der Waals surface area contributed by atoms with E-state index < -0.39 is 0 Å². The quantitative estimate of drug-likeness (QED) is 0.380. The van der Waals surface area contributed by atoms with Crippen LogP contribution in [0.1, 0.15) is 0 Å². The van der Waals surface area contributed by atoms with Crippen molar-refractivity contribution in [3.05, 3.63) is 0 Å². The van der Waals surface area contributed by atoms with Gasteiger partial charge in [-0.05, 0) is 0 Å². The van der Waals surface area contributed by atoms with Crippen LogP contribution in [0, 0.1) is 0 Å². The Morgan fingerprint density at radius 3 is 1.20 bits per heavy atom. The summed E-state index contributed by atoms with van der Waals surface area (Å²) in [5.74, 6) is 0. The smallest absolute Gasteiger partial charge is 0.138 e. The Kier molecular flexibility index (Phi) is 229. The molecule has 0 rings (SSSR count). The monoisotopic (exact) mass is 179 g/mol. The molecule has 5 heteroatoms. The average molecular weight is 179 g/mol. The molecule has 0 atom stereocenters. The van der Waals surface area contributed by atoms with Crippen molar-refractivity contribution < 1.29 is 43.4 Å². The molecule has 0 aromatic rings. The second kappa shape index (κ2) is 39.9. The van der Waals surface area contributed by atoms with Crippen LogP contribution in [0.5, 0.6) is 0 Å². The summed E-state index contributed by atoms with van der Waals surface area (Å²) in [6.45, 7) is 0. The summed E-state index contributed by atoms with van der Waals surface area (Å²) in [6, 6.07) is 0. The zero-order valence-corrected chi connectivity index (χ0v) is 7.16. The molecule has 0 aliphatic heterocycles. The molecule has 0 amide bonds. The van der Waals surface area contributed by atoms with Gasteiger partial charge in [0.05, 0.1) is 0 Å². The van der Waals surface area contributed by atoms with Crippen molar-refractivity contribution in [2.75, 3.05) is 0 Å². The number of rotatable bonds is 0. The van der Waals surface area contributed by atoms with Crippen LogP contribution in [0.15, 0.2) is 0 Å². The third-order valence-electron chi connectivity index (χ3n) is 0. The fourth-order valence-corrected chi connectivity index (χ4v) is 0. The van der Waals surface area contributed by atoms with Gasteiger partial charge >= 0.3 is 0 Å². The molecule has 27 valence electrons. The van der Waals surface area contributed by atoms with E-state index in [1.54, 1.807) is 9.12 Å². The second-order valence-corrected chi connectivity index (χ2v) is 0. The van der Waals surface area contributed by atoms with E-state index in [-0.39, 0.29) is 56.1 Å². The first-order valence-corrected chi connectivity index (χ1v) is 0.612. The van der Waals surface area contributed by atoms with Crippen molar-refractivity contribution in [1.29, 1.82) is 0 Å². The van der Waals surface area contributed by atoms with Crippen molar-refractivity contribution in [2.45, 2.75) is 0 Å². The topological polar surface area (TPSA) is 17.1 Å². The van der Waals surface area contributed by atoms with Crippen molar-refractivity contribution in [1.82, 2.24) is 0 Å². The third-order valence-corrected chi connectivity index (χ3v) is 0. The fraction of sp³-hybridized carbons (Fsp3) is 0. The van der Waals surface area contributed by atoms with Crippen LogP contribution in [-0.4, -0.2) is 17.4 Å². The van der Waals surface area contributed by atoms with Gasteiger partial charge in [0.25, 0.3) is 0 Å². The predicted molar refractivity (Wildman–Crippen MR) is 14.8 cm³/mol. The van der Waals surface area contributed by atoms with E-state index in [0.29, 0.717) is 0 Å². The molecule has 0 fully saturated rings. The third kappa shape index (κ3) is 25.2. The van der Waals surface area contributed by atoms with Gasteiger partial charge in [-0.3, -0.25) is 4.57 Å². The van der Waals surface area contributed by atoms with E-state index in [0.717, 1.165) is 0 Å². The molecular weight excluding hydrogens is 178 g/mol. The van der Waals surface area contributed by atoms with Crippen LogP contribution < -0.4 is 0 Å². The Morgan fingerprint density at radius 1 is 1.20 bits per heavy atom. The molecule has 0 bridgehead atoms. The predicted octanol–water partition coefficient (Wildman–Crippen LogP) is 0.0889. The molecule has 0 heterocycles. The first kappa shape index (κ1) is 28.8. The first-order valence-electron chi connectivity index (χ1n) is 0.204. The van der Waals surface area contributed by atoms with Crippen LogP contribution in [0.25, 0.3) is 0 Å². The molecule has 0 saturated carbocycles. The Morgan fingerprint density at radius 2 is 1.20 bits per heavy atom. The number of hydrogen-bond acceptors (Lipinski definition) is 1. The van der Waals surface area contributed by atoms with E-state index in [1.807, 2.05) is 0 Å².